The summed E-state index contributed by atoms with van der Waals surface area (Å²) in [6.07, 6.45) is 5.75. The number of nitrogens with zero attached hydrogens (tertiary/aromatic N) is 4. The maximum atomic E-state index is 7.70. The van der Waals surface area contributed by atoms with Crippen LogP contribution in [0.1, 0.15) is 50.8 Å². The van der Waals surface area contributed by atoms with Crippen LogP contribution in [0, 0.1) is 11.8 Å². The van der Waals surface area contributed by atoms with Gasteiger partial charge in [-0.15, -0.1) is 6.58 Å². The van der Waals surface area contributed by atoms with E-state index in [4.69, 9.17) is 36.0 Å². The topological polar surface area (TPSA) is 57.1 Å². The summed E-state index contributed by atoms with van der Waals surface area (Å²) in [6, 6.07) is 56.9. The molecular weight excluding hydrogens is 820 g/mol. The first kappa shape index (κ1) is 42.4. The number of para-hydroxylation sites is 1. The lowest BCUT2D eigenvalue weighted by atomic mass is 9.71. The summed E-state index contributed by atoms with van der Waals surface area (Å²) in [4.78, 5) is 15.0. The molecule has 0 aliphatic carbocycles. The van der Waals surface area contributed by atoms with E-state index in [9.17, 15) is 0 Å². The average molecular weight is 875 g/mol. The van der Waals surface area contributed by atoms with E-state index >= 15 is 0 Å². The van der Waals surface area contributed by atoms with Crippen LogP contribution in [-0.4, -0.2) is 44.2 Å². The molecule has 8 aromatic rings. The molecule has 2 bridgehead atoms. The van der Waals surface area contributed by atoms with E-state index in [0.29, 0.717) is 34.3 Å². The van der Waals surface area contributed by atoms with Crippen LogP contribution < -0.4 is 9.47 Å². The van der Waals surface area contributed by atoms with E-state index in [1.807, 2.05) is 66.9 Å². The molecule has 5 heterocycles. The Balaban J connectivity index is 1.18. The highest BCUT2D eigenvalue weighted by atomic mass is 35.5. The number of piperidine rings is 3. The van der Waals surface area contributed by atoms with Crippen molar-refractivity contribution in [2.24, 2.45) is 11.8 Å². The standard InChI is InChI=1S/C58H54ClN4O2/c1-5-40-38-63(37-39-34-48(41-20-10-6-11-21-41)53(65-58(2,3)4)49(35-39)42-22-12-7-13-23-42)33-31-45(40)36-51(63)54(47-30-32-60-50-29-19-18-28-46(47)50)64-57-52(43-24-14-8-15-25-43)55(59)61-56(62-57)44-26-16-9-17-27-44/h5-30,32,34-35,40,45,51,54H,1,31,33,36-38H2,2-4H3/q+1/t40?,45?,51?,54-,63?/m0/s1. The number of quaternary nitrogens is 1. The van der Waals surface area contributed by atoms with Crippen LogP contribution in [0.5, 0.6) is 11.6 Å². The third-order valence-corrected chi connectivity index (χ3v) is 13.7. The fraction of sp³-hybridized carbons (Fsp3) is 0.224. The highest BCUT2D eigenvalue weighted by Gasteiger charge is 2.55. The second-order valence-electron chi connectivity index (χ2n) is 18.7. The average Bonchev–Trinajstić information content (AvgIpc) is 3.34. The molecule has 3 saturated heterocycles. The molecule has 11 rings (SSSR count). The number of aromatic nitrogens is 3. The van der Waals surface area contributed by atoms with Gasteiger partial charge in [0.1, 0.15) is 29.1 Å². The lowest BCUT2D eigenvalue weighted by molar-refractivity contribution is -0.984. The first-order valence-corrected chi connectivity index (χ1v) is 23.2. The summed E-state index contributed by atoms with van der Waals surface area (Å²) in [6.45, 7) is 13.5. The maximum Gasteiger partial charge on any atom is 0.227 e. The molecule has 2 aromatic heterocycles. The highest BCUT2D eigenvalue weighted by molar-refractivity contribution is 6.32. The second kappa shape index (κ2) is 17.8. The summed E-state index contributed by atoms with van der Waals surface area (Å²) >= 11 is 7.28. The number of benzene rings is 6. The number of hydrogen-bond donors (Lipinski definition) is 0. The van der Waals surface area contributed by atoms with Crippen molar-refractivity contribution in [3.05, 3.63) is 199 Å². The SMILES string of the molecule is C=CC1C[N+]2(Cc3cc(-c4ccccc4)c(OC(C)(C)C)c(-c4ccccc4)c3)CCC1CC2[C@@H](Oc1nc(-c2ccccc2)nc(Cl)c1-c1ccccc1)c1ccnc2ccccc12. The van der Waals surface area contributed by atoms with Gasteiger partial charge >= 0.3 is 0 Å². The van der Waals surface area contributed by atoms with Gasteiger partial charge < -0.3 is 14.0 Å². The second-order valence-corrected chi connectivity index (χ2v) is 19.1. The van der Waals surface area contributed by atoms with Crippen LogP contribution >= 0.6 is 11.6 Å². The van der Waals surface area contributed by atoms with Crippen molar-refractivity contribution in [3.8, 4) is 56.4 Å². The van der Waals surface area contributed by atoms with Crippen LogP contribution in [0.4, 0.5) is 0 Å². The van der Waals surface area contributed by atoms with Gasteiger partial charge in [-0.1, -0.05) is 157 Å². The third-order valence-electron chi connectivity index (χ3n) is 13.4. The lowest BCUT2D eigenvalue weighted by Gasteiger charge is -2.58. The Hall–Kier alpha value is -6.60. The summed E-state index contributed by atoms with van der Waals surface area (Å²) in [7, 11) is 0. The Kier molecular flexibility index (Phi) is 11.6. The van der Waals surface area contributed by atoms with Gasteiger partial charge in [-0.2, -0.15) is 4.98 Å². The molecule has 0 radical (unpaired) electrons. The molecule has 4 unspecified atom stereocenters. The van der Waals surface area contributed by atoms with Gasteiger partial charge in [0.05, 0.1) is 24.2 Å². The summed E-state index contributed by atoms with van der Waals surface area (Å²) in [5.74, 6) is 2.69. The summed E-state index contributed by atoms with van der Waals surface area (Å²) in [5.41, 5.74) is 9.69. The molecule has 0 spiro atoms. The Labute approximate surface area is 387 Å². The smallest absolute Gasteiger partial charge is 0.227 e. The molecule has 324 valence electrons. The van der Waals surface area contributed by atoms with Crippen molar-refractivity contribution in [2.75, 3.05) is 13.1 Å². The minimum absolute atomic E-state index is 0.0270. The zero-order chi connectivity index (χ0) is 44.5. The Morgan fingerprint density at radius 3 is 1.94 bits per heavy atom. The highest BCUT2D eigenvalue weighted by Crippen LogP contribution is 2.51. The fourth-order valence-electron chi connectivity index (χ4n) is 10.5. The van der Waals surface area contributed by atoms with Crippen molar-refractivity contribution in [1.29, 1.82) is 0 Å². The van der Waals surface area contributed by atoms with E-state index in [1.54, 1.807) is 0 Å². The van der Waals surface area contributed by atoms with E-state index in [-0.39, 0.29) is 6.04 Å². The summed E-state index contributed by atoms with van der Waals surface area (Å²) in [5, 5.41) is 1.41. The maximum absolute atomic E-state index is 7.70. The molecule has 6 aromatic carbocycles. The van der Waals surface area contributed by atoms with E-state index < -0.39 is 11.7 Å². The predicted molar refractivity (Wildman–Crippen MR) is 265 cm³/mol. The number of halogens is 1. The van der Waals surface area contributed by atoms with Crippen molar-refractivity contribution in [1.82, 2.24) is 15.0 Å². The molecule has 65 heavy (non-hydrogen) atoms. The number of rotatable bonds is 12. The third kappa shape index (κ3) is 8.57. The molecule has 7 heteroatoms. The zero-order valence-electron chi connectivity index (χ0n) is 37.3. The molecule has 3 aliphatic heterocycles. The molecular formula is C58H54ClN4O2+. The predicted octanol–water partition coefficient (Wildman–Crippen LogP) is 14.3. The van der Waals surface area contributed by atoms with Crippen LogP contribution in [0.2, 0.25) is 5.15 Å². The van der Waals surface area contributed by atoms with Crippen LogP contribution in [0.3, 0.4) is 0 Å². The number of fused-ring (bicyclic) bond motifs is 4. The first-order valence-electron chi connectivity index (χ1n) is 22.8. The van der Waals surface area contributed by atoms with Gasteiger partial charge in [-0.05, 0) is 67.6 Å². The van der Waals surface area contributed by atoms with Gasteiger partial charge in [-0.25, -0.2) is 4.98 Å². The molecule has 3 aliphatic rings. The summed E-state index contributed by atoms with van der Waals surface area (Å²) < 4.78 is 15.5. The van der Waals surface area contributed by atoms with Gasteiger partial charge in [0.15, 0.2) is 11.9 Å². The van der Waals surface area contributed by atoms with Crippen molar-refractivity contribution >= 4 is 22.5 Å². The largest absolute Gasteiger partial charge is 0.487 e. The number of ether oxygens (including phenoxy) is 2. The number of hydrogen-bond acceptors (Lipinski definition) is 5. The van der Waals surface area contributed by atoms with E-state index in [2.05, 4.69) is 137 Å². The minimum Gasteiger partial charge on any atom is -0.487 e. The number of pyridine rings is 1. The van der Waals surface area contributed by atoms with Gasteiger partial charge in [0.2, 0.25) is 5.88 Å². The Bertz CT molecular complexity index is 2890. The van der Waals surface area contributed by atoms with Crippen molar-refractivity contribution in [3.63, 3.8) is 0 Å². The van der Waals surface area contributed by atoms with E-state index in [1.165, 1.54) is 5.56 Å². The van der Waals surface area contributed by atoms with Gasteiger partial charge in [-0.3, -0.25) is 4.98 Å². The Morgan fingerprint density at radius 2 is 1.32 bits per heavy atom. The van der Waals surface area contributed by atoms with Crippen LogP contribution in [-0.2, 0) is 6.54 Å². The first-order chi connectivity index (χ1) is 31.7. The van der Waals surface area contributed by atoms with Crippen molar-refractivity contribution < 1.29 is 14.0 Å². The van der Waals surface area contributed by atoms with Crippen molar-refractivity contribution in [2.45, 2.75) is 57.9 Å². The minimum atomic E-state index is -0.431. The normalized spacial score (nSPS) is 19.7. The van der Waals surface area contributed by atoms with Crippen LogP contribution in [0.15, 0.2) is 183 Å². The monoisotopic (exact) mass is 873 g/mol. The molecule has 5 atom stereocenters. The molecule has 0 N–H and O–H groups in total. The fourth-order valence-corrected chi connectivity index (χ4v) is 10.8. The Morgan fingerprint density at radius 1 is 0.738 bits per heavy atom. The van der Waals surface area contributed by atoms with Crippen LogP contribution in [0.25, 0.3) is 55.7 Å². The molecule has 3 fully saturated rings. The lowest BCUT2D eigenvalue weighted by Crippen LogP contribution is -2.68. The quantitative estimate of drug-likeness (QED) is 0.0695. The van der Waals surface area contributed by atoms with E-state index in [0.717, 1.165) is 92.6 Å². The molecule has 6 nitrogen and oxygen atoms in total. The van der Waals surface area contributed by atoms with Gasteiger partial charge in [0, 0.05) is 58.2 Å². The zero-order valence-corrected chi connectivity index (χ0v) is 38.0. The molecule has 0 amide bonds. The van der Waals surface area contributed by atoms with Gasteiger partial charge in [0.25, 0.3) is 0 Å². The molecule has 0 saturated carbocycles.